The molecule has 5 heteroatoms. The van der Waals surface area contributed by atoms with Crippen molar-refractivity contribution in [2.45, 2.75) is 13.3 Å². The van der Waals surface area contributed by atoms with Crippen LogP contribution in [0.2, 0.25) is 10.0 Å². The van der Waals surface area contributed by atoms with Gasteiger partial charge in [0.15, 0.2) is 0 Å². The van der Waals surface area contributed by atoms with Gasteiger partial charge in [-0.05, 0) is 31.2 Å². The largest absolute Gasteiger partial charge is 0.300 e. The van der Waals surface area contributed by atoms with Crippen LogP contribution < -0.4 is 0 Å². The maximum absolute atomic E-state index is 9.12. The average molecular weight is 316 g/mol. The second kappa shape index (κ2) is 5.40. The van der Waals surface area contributed by atoms with E-state index >= 15 is 0 Å². The second-order valence-corrected chi connectivity index (χ2v) is 5.55. The number of benzene rings is 1. The number of rotatable bonds is 2. The van der Waals surface area contributed by atoms with Gasteiger partial charge < -0.3 is 0 Å². The summed E-state index contributed by atoms with van der Waals surface area (Å²) in [7, 11) is 0. The number of halogens is 2. The minimum atomic E-state index is 0.279. The number of fused-ring (bicyclic) bond motifs is 1. The number of pyridine rings is 1. The molecule has 3 aromatic rings. The minimum Gasteiger partial charge on any atom is -0.300 e. The number of imidazole rings is 1. The SMILES string of the molecule is Cc1cccc2nc(-c3ccc(Cl)c(Cl)c3)c(CC#N)n12. The third-order valence-corrected chi connectivity index (χ3v) is 4.11. The zero-order valence-corrected chi connectivity index (χ0v) is 12.8. The van der Waals surface area contributed by atoms with Crippen LogP contribution in [0.5, 0.6) is 0 Å². The minimum absolute atomic E-state index is 0.279. The Labute approximate surface area is 132 Å². The summed E-state index contributed by atoms with van der Waals surface area (Å²) in [6.45, 7) is 1.99. The molecular formula is C16H11Cl2N3. The summed E-state index contributed by atoms with van der Waals surface area (Å²) >= 11 is 12.1. The molecule has 3 rings (SSSR count). The van der Waals surface area contributed by atoms with Crippen LogP contribution in [0.3, 0.4) is 0 Å². The molecule has 1 aromatic carbocycles. The average Bonchev–Trinajstić information content (AvgIpc) is 2.83. The lowest BCUT2D eigenvalue weighted by Crippen LogP contribution is -1.97. The van der Waals surface area contributed by atoms with Gasteiger partial charge in [-0.3, -0.25) is 4.40 Å². The number of hydrogen-bond donors (Lipinski definition) is 0. The van der Waals surface area contributed by atoms with Crippen LogP contribution in [0.25, 0.3) is 16.9 Å². The van der Waals surface area contributed by atoms with Gasteiger partial charge in [0.25, 0.3) is 0 Å². The van der Waals surface area contributed by atoms with E-state index in [4.69, 9.17) is 28.5 Å². The van der Waals surface area contributed by atoms with E-state index in [2.05, 4.69) is 11.1 Å². The highest BCUT2D eigenvalue weighted by Gasteiger charge is 2.15. The number of aryl methyl sites for hydroxylation is 1. The van der Waals surface area contributed by atoms with Crippen LogP contribution in [-0.4, -0.2) is 9.38 Å². The molecule has 0 radical (unpaired) electrons. The van der Waals surface area contributed by atoms with Crippen molar-refractivity contribution in [2.75, 3.05) is 0 Å². The van der Waals surface area contributed by atoms with Crippen molar-refractivity contribution in [3.05, 3.63) is 57.8 Å². The van der Waals surface area contributed by atoms with E-state index < -0.39 is 0 Å². The predicted octanol–water partition coefficient (Wildman–Crippen LogP) is 4.68. The van der Waals surface area contributed by atoms with Gasteiger partial charge >= 0.3 is 0 Å². The number of nitriles is 1. The zero-order valence-electron chi connectivity index (χ0n) is 11.3. The normalized spacial score (nSPS) is 10.8. The Morgan fingerprint density at radius 2 is 2.00 bits per heavy atom. The predicted molar refractivity (Wildman–Crippen MR) is 84.7 cm³/mol. The van der Waals surface area contributed by atoms with E-state index in [0.29, 0.717) is 10.0 Å². The summed E-state index contributed by atoms with van der Waals surface area (Å²) in [5, 5.41) is 10.1. The lowest BCUT2D eigenvalue weighted by Gasteiger charge is -2.05. The van der Waals surface area contributed by atoms with Crippen LogP contribution >= 0.6 is 23.2 Å². The standard InChI is InChI=1S/C16H11Cl2N3/c1-10-3-2-4-15-20-16(14(7-8-19)21(10)15)11-5-6-12(17)13(18)9-11/h2-6,9H,7H2,1H3. The van der Waals surface area contributed by atoms with Gasteiger partial charge in [-0.15, -0.1) is 0 Å². The molecule has 0 N–H and O–H groups in total. The van der Waals surface area contributed by atoms with Gasteiger partial charge in [0.05, 0.1) is 33.9 Å². The Morgan fingerprint density at radius 3 is 2.71 bits per heavy atom. The summed E-state index contributed by atoms with van der Waals surface area (Å²) in [6, 6.07) is 13.5. The molecule has 0 atom stereocenters. The molecule has 0 aliphatic heterocycles. The van der Waals surface area contributed by atoms with Gasteiger partial charge in [-0.25, -0.2) is 4.98 Å². The molecule has 0 aliphatic carbocycles. The van der Waals surface area contributed by atoms with Gasteiger partial charge in [0, 0.05) is 11.3 Å². The molecule has 3 nitrogen and oxygen atoms in total. The van der Waals surface area contributed by atoms with E-state index in [9.17, 15) is 0 Å². The monoisotopic (exact) mass is 315 g/mol. The third kappa shape index (κ3) is 2.37. The van der Waals surface area contributed by atoms with Crippen molar-refractivity contribution >= 4 is 28.8 Å². The molecule has 0 spiro atoms. The molecule has 0 saturated carbocycles. The first-order valence-corrected chi connectivity index (χ1v) is 7.16. The Kier molecular flexibility index (Phi) is 3.59. The topological polar surface area (TPSA) is 41.1 Å². The molecule has 0 bridgehead atoms. The molecule has 2 aromatic heterocycles. The lowest BCUT2D eigenvalue weighted by atomic mass is 10.1. The van der Waals surface area contributed by atoms with Crippen molar-refractivity contribution in [3.8, 4) is 17.3 Å². The molecule has 0 amide bonds. The Bertz CT molecular complexity index is 875. The van der Waals surface area contributed by atoms with Crippen LogP contribution in [0.15, 0.2) is 36.4 Å². The first kappa shape index (κ1) is 13.9. The van der Waals surface area contributed by atoms with Crippen LogP contribution in [0.4, 0.5) is 0 Å². The van der Waals surface area contributed by atoms with Gasteiger partial charge in [0.2, 0.25) is 0 Å². The summed E-state index contributed by atoms with van der Waals surface area (Å²) < 4.78 is 2.00. The Hall–Kier alpha value is -2.02. The van der Waals surface area contributed by atoms with E-state index in [-0.39, 0.29) is 6.42 Å². The Balaban J connectivity index is 2.31. The zero-order chi connectivity index (χ0) is 15.0. The smallest absolute Gasteiger partial charge is 0.137 e. The third-order valence-electron chi connectivity index (χ3n) is 3.37. The van der Waals surface area contributed by atoms with Crippen molar-refractivity contribution in [1.29, 1.82) is 5.26 Å². The van der Waals surface area contributed by atoms with Crippen LogP contribution in [0.1, 0.15) is 11.4 Å². The molecule has 104 valence electrons. The van der Waals surface area contributed by atoms with Gasteiger partial charge in [0.1, 0.15) is 5.65 Å². The maximum atomic E-state index is 9.12. The van der Waals surface area contributed by atoms with Crippen molar-refractivity contribution in [3.63, 3.8) is 0 Å². The molecule has 0 saturated heterocycles. The van der Waals surface area contributed by atoms with Gasteiger partial charge in [-0.2, -0.15) is 5.26 Å². The van der Waals surface area contributed by atoms with E-state index in [1.54, 1.807) is 12.1 Å². The summed E-state index contributed by atoms with van der Waals surface area (Å²) in [5.74, 6) is 0. The van der Waals surface area contributed by atoms with Crippen molar-refractivity contribution in [1.82, 2.24) is 9.38 Å². The molecule has 0 fully saturated rings. The maximum Gasteiger partial charge on any atom is 0.137 e. The van der Waals surface area contributed by atoms with Gasteiger partial charge in [-0.1, -0.05) is 35.3 Å². The van der Waals surface area contributed by atoms with Crippen molar-refractivity contribution in [2.24, 2.45) is 0 Å². The van der Waals surface area contributed by atoms with Crippen molar-refractivity contribution < 1.29 is 0 Å². The summed E-state index contributed by atoms with van der Waals surface area (Å²) in [4.78, 5) is 4.64. The lowest BCUT2D eigenvalue weighted by molar-refractivity contribution is 1.00. The summed E-state index contributed by atoms with van der Waals surface area (Å²) in [5.41, 5.74) is 4.35. The first-order chi connectivity index (χ1) is 10.1. The highest BCUT2D eigenvalue weighted by molar-refractivity contribution is 6.42. The number of nitrogens with zero attached hydrogens (tertiary/aromatic N) is 3. The second-order valence-electron chi connectivity index (χ2n) is 4.73. The first-order valence-electron chi connectivity index (χ1n) is 6.41. The number of hydrogen-bond acceptors (Lipinski definition) is 2. The number of aromatic nitrogens is 2. The fraction of sp³-hybridized carbons (Fsp3) is 0.125. The van der Waals surface area contributed by atoms with E-state index in [1.165, 1.54) is 0 Å². The van der Waals surface area contributed by atoms with Crippen LogP contribution in [0, 0.1) is 18.3 Å². The molecule has 0 aliphatic rings. The quantitative estimate of drug-likeness (QED) is 0.688. The summed E-state index contributed by atoms with van der Waals surface area (Å²) in [6.07, 6.45) is 0.279. The molecule has 2 heterocycles. The highest BCUT2D eigenvalue weighted by atomic mass is 35.5. The molecular weight excluding hydrogens is 305 g/mol. The fourth-order valence-corrected chi connectivity index (χ4v) is 2.74. The fourth-order valence-electron chi connectivity index (χ4n) is 2.44. The van der Waals surface area contributed by atoms with E-state index in [1.807, 2.05) is 35.6 Å². The highest BCUT2D eigenvalue weighted by Crippen LogP contribution is 2.31. The van der Waals surface area contributed by atoms with Crippen LogP contribution in [-0.2, 0) is 6.42 Å². The molecule has 21 heavy (non-hydrogen) atoms. The molecule has 0 unspecified atom stereocenters. The van der Waals surface area contributed by atoms with E-state index in [0.717, 1.165) is 28.3 Å². The Morgan fingerprint density at radius 1 is 1.19 bits per heavy atom.